The van der Waals surface area contributed by atoms with Gasteiger partial charge >= 0.3 is 0 Å². The van der Waals surface area contributed by atoms with Gasteiger partial charge in [-0.25, -0.2) is 0 Å². The highest BCUT2D eigenvalue weighted by Crippen LogP contribution is 2.40. The van der Waals surface area contributed by atoms with Crippen molar-refractivity contribution in [1.82, 2.24) is 0 Å². The Labute approximate surface area is 208 Å². The first-order chi connectivity index (χ1) is 16.2. The Hall–Kier alpha value is -0.980. The number of rotatable bonds is 23. The molecule has 0 aliphatic rings. The van der Waals surface area contributed by atoms with Crippen LogP contribution in [0.15, 0.2) is 24.3 Å². The molecule has 2 atom stereocenters. The number of unbranched alkanes of at least 4 members (excludes halogenated alkanes) is 15. The summed E-state index contributed by atoms with van der Waals surface area (Å²) in [6.07, 6.45) is 28.6. The second-order valence-electron chi connectivity index (χ2n) is 10.6. The van der Waals surface area contributed by atoms with E-state index in [9.17, 15) is 5.11 Å². The molecule has 0 saturated carbocycles. The molecule has 1 rings (SSSR count). The Bertz CT molecular complexity index is 537. The van der Waals surface area contributed by atoms with Crippen molar-refractivity contribution < 1.29 is 5.11 Å². The van der Waals surface area contributed by atoms with Crippen molar-refractivity contribution in [3.8, 4) is 5.75 Å². The van der Waals surface area contributed by atoms with Crippen LogP contribution in [0.3, 0.4) is 0 Å². The van der Waals surface area contributed by atoms with Crippen LogP contribution in [-0.2, 0) is 0 Å². The lowest BCUT2D eigenvalue weighted by atomic mass is 9.76. The van der Waals surface area contributed by atoms with Gasteiger partial charge in [0, 0.05) is 0 Å². The molecule has 0 bridgehead atoms. The molecule has 0 spiro atoms. The lowest BCUT2D eigenvalue weighted by molar-refractivity contribution is 0.314. The van der Waals surface area contributed by atoms with Gasteiger partial charge in [-0.05, 0) is 42.7 Å². The zero-order valence-electron chi connectivity index (χ0n) is 22.8. The Morgan fingerprint density at radius 1 is 0.515 bits per heavy atom. The summed E-state index contributed by atoms with van der Waals surface area (Å²) in [5.74, 6) is 1.79. The topological polar surface area (TPSA) is 20.2 Å². The van der Waals surface area contributed by atoms with E-state index >= 15 is 0 Å². The third-order valence-electron chi connectivity index (χ3n) is 7.63. The number of para-hydroxylation sites is 1. The molecule has 1 N–H and O–H groups in total. The molecule has 0 saturated heterocycles. The van der Waals surface area contributed by atoms with Gasteiger partial charge in [-0.1, -0.05) is 155 Å². The molecule has 0 aliphatic heterocycles. The van der Waals surface area contributed by atoms with E-state index in [2.05, 4.69) is 32.9 Å². The van der Waals surface area contributed by atoms with E-state index in [1.165, 1.54) is 140 Å². The molecular weight excluding hydrogens is 400 g/mol. The summed E-state index contributed by atoms with van der Waals surface area (Å²) in [5, 5.41) is 10.7. The number of phenolic OH excluding ortho intramolecular Hbond substituents is 1. The summed E-state index contributed by atoms with van der Waals surface area (Å²) < 4.78 is 0. The molecule has 0 heterocycles. The lowest BCUT2D eigenvalue weighted by Crippen LogP contribution is -2.14. The van der Waals surface area contributed by atoms with Crippen molar-refractivity contribution in [1.29, 1.82) is 0 Å². The van der Waals surface area contributed by atoms with Crippen LogP contribution in [0.2, 0.25) is 0 Å². The molecule has 192 valence electrons. The molecule has 0 aromatic heterocycles. The summed E-state index contributed by atoms with van der Waals surface area (Å²) in [7, 11) is 0. The Balaban J connectivity index is 2.66. The predicted octanol–water partition coefficient (Wildman–Crippen LogP) is 11.3. The maximum atomic E-state index is 10.7. The van der Waals surface area contributed by atoms with E-state index in [1.54, 1.807) is 0 Å². The van der Waals surface area contributed by atoms with E-state index in [0.717, 1.165) is 5.92 Å². The Morgan fingerprint density at radius 2 is 0.909 bits per heavy atom. The lowest BCUT2D eigenvalue weighted by Gasteiger charge is -2.29. The third kappa shape index (κ3) is 14.8. The molecule has 0 fully saturated rings. The zero-order valence-corrected chi connectivity index (χ0v) is 22.8. The molecule has 2 unspecified atom stereocenters. The maximum Gasteiger partial charge on any atom is 0.119 e. The number of benzene rings is 1. The van der Waals surface area contributed by atoms with Crippen LogP contribution in [0.1, 0.15) is 167 Å². The van der Waals surface area contributed by atoms with E-state index in [-0.39, 0.29) is 0 Å². The second-order valence-corrected chi connectivity index (χ2v) is 10.6. The minimum absolute atomic E-state index is 0.531. The largest absolute Gasteiger partial charge is 0.508 e. The SMILES string of the molecule is CCCCCCCCCCCC(c1ccccc1O)C(CCCCCC)CCCCCCC. The minimum Gasteiger partial charge on any atom is -0.508 e. The first kappa shape index (κ1) is 30.1. The Kier molecular flexibility index (Phi) is 19.6. The molecule has 1 aromatic rings. The highest BCUT2D eigenvalue weighted by Gasteiger charge is 2.24. The van der Waals surface area contributed by atoms with Gasteiger partial charge in [0.1, 0.15) is 5.75 Å². The molecule has 1 aromatic carbocycles. The van der Waals surface area contributed by atoms with Crippen molar-refractivity contribution in [2.45, 2.75) is 162 Å². The third-order valence-corrected chi connectivity index (χ3v) is 7.63. The number of hydrogen-bond donors (Lipinski definition) is 1. The molecule has 1 heteroatoms. The van der Waals surface area contributed by atoms with Gasteiger partial charge in [-0.15, -0.1) is 0 Å². The summed E-state index contributed by atoms with van der Waals surface area (Å²) in [4.78, 5) is 0. The smallest absolute Gasteiger partial charge is 0.119 e. The molecular formula is C32H58O. The van der Waals surface area contributed by atoms with Crippen molar-refractivity contribution >= 4 is 0 Å². The molecule has 0 radical (unpaired) electrons. The van der Waals surface area contributed by atoms with Gasteiger partial charge in [0.25, 0.3) is 0 Å². The summed E-state index contributed by atoms with van der Waals surface area (Å²) in [6, 6.07) is 8.24. The van der Waals surface area contributed by atoms with E-state index in [4.69, 9.17) is 0 Å². The summed E-state index contributed by atoms with van der Waals surface area (Å²) in [5.41, 5.74) is 1.23. The molecule has 0 aliphatic carbocycles. The predicted molar refractivity (Wildman–Crippen MR) is 148 cm³/mol. The van der Waals surface area contributed by atoms with Gasteiger partial charge < -0.3 is 5.11 Å². The van der Waals surface area contributed by atoms with E-state index < -0.39 is 0 Å². The highest BCUT2D eigenvalue weighted by molar-refractivity contribution is 5.35. The highest BCUT2D eigenvalue weighted by atomic mass is 16.3. The zero-order chi connectivity index (χ0) is 24.0. The maximum absolute atomic E-state index is 10.7. The van der Waals surface area contributed by atoms with E-state index in [1.807, 2.05) is 12.1 Å². The van der Waals surface area contributed by atoms with Crippen LogP contribution in [0.5, 0.6) is 5.75 Å². The first-order valence-corrected chi connectivity index (χ1v) is 15.0. The number of phenols is 1. The van der Waals surface area contributed by atoms with Gasteiger partial charge in [-0.3, -0.25) is 0 Å². The van der Waals surface area contributed by atoms with Gasteiger partial charge in [0.15, 0.2) is 0 Å². The van der Waals surface area contributed by atoms with Crippen LogP contribution in [-0.4, -0.2) is 5.11 Å². The van der Waals surface area contributed by atoms with Gasteiger partial charge in [0.2, 0.25) is 0 Å². The Morgan fingerprint density at radius 3 is 1.39 bits per heavy atom. The first-order valence-electron chi connectivity index (χ1n) is 15.0. The fourth-order valence-corrected chi connectivity index (χ4v) is 5.51. The standard InChI is InChI=1S/C32H58O/c1-4-7-10-13-14-15-16-18-21-26-30(31-27-22-23-28-32(31)33)29(24-19-12-9-6-3)25-20-17-11-8-5-2/h22-23,27-30,33H,4-21,24-26H2,1-3H3. The van der Waals surface area contributed by atoms with Crippen molar-refractivity contribution in [3.63, 3.8) is 0 Å². The normalized spacial score (nSPS) is 13.3. The van der Waals surface area contributed by atoms with Crippen LogP contribution in [0.25, 0.3) is 0 Å². The van der Waals surface area contributed by atoms with Gasteiger partial charge in [-0.2, -0.15) is 0 Å². The summed E-state index contributed by atoms with van der Waals surface area (Å²) in [6.45, 7) is 6.90. The van der Waals surface area contributed by atoms with E-state index in [0.29, 0.717) is 11.7 Å². The second kappa shape index (κ2) is 21.5. The average Bonchev–Trinajstić information content (AvgIpc) is 2.82. The fourth-order valence-electron chi connectivity index (χ4n) is 5.51. The summed E-state index contributed by atoms with van der Waals surface area (Å²) >= 11 is 0. The minimum atomic E-state index is 0.531. The van der Waals surface area contributed by atoms with Crippen LogP contribution < -0.4 is 0 Å². The molecule has 1 nitrogen and oxygen atoms in total. The van der Waals surface area contributed by atoms with Crippen LogP contribution in [0, 0.1) is 5.92 Å². The van der Waals surface area contributed by atoms with Gasteiger partial charge in [0.05, 0.1) is 0 Å². The number of aromatic hydroxyl groups is 1. The van der Waals surface area contributed by atoms with Crippen molar-refractivity contribution in [2.75, 3.05) is 0 Å². The fraction of sp³-hybridized carbons (Fsp3) is 0.812. The molecule has 33 heavy (non-hydrogen) atoms. The monoisotopic (exact) mass is 458 g/mol. The molecule has 0 amide bonds. The average molecular weight is 459 g/mol. The van der Waals surface area contributed by atoms with Crippen LogP contribution in [0.4, 0.5) is 0 Å². The quantitative estimate of drug-likeness (QED) is 0.162. The van der Waals surface area contributed by atoms with Crippen LogP contribution >= 0.6 is 0 Å². The van der Waals surface area contributed by atoms with Crippen molar-refractivity contribution in [3.05, 3.63) is 29.8 Å². The van der Waals surface area contributed by atoms with Crippen molar-refractivity contribution in [2.24, 2.45) is 5.92 Å². The number of hydrogen-bond acceptors (Lipinski definition) is 1.